The Morgan fingerprint density at radius 3 is 2.13 bits per heavy atom. The van der Waals surface area contributed by atoms with Crippen molar-refractivity contribution in [3.8, 4) is 0 Å². The number of fused-ring (bicyclic) bond motifs is 1. The van der Waals surface area contributed by atoms with Crippen LogP contribution in [0.4, 0.5) is 5.69 Å². The van der Waals surface area contributed by atoms with Crippen LogP contribution in [-0.2, 0) is 19.8 Å². The summed E-state index contributed by atoms with van der Waals surface area (Å²) in [6.07, 6.45) is 6.54. The number of hydrogen-bond acceptors (Lipinski definition) is 8. The quantitative estimate of drug-likeness (QED) is 0.171. The molecule has 0 aliphatic rings. The van der Waals surface area contributed by atoms with Crippen LogP contribution in [0, 0.1) is 0 Å². The van der Waals surface area contributed by atoms with Gasteiger partial charge in [-0.15, -0.1) is 0 Å². The average Bonchev–Trinajstić information content (AvgIpc) is 2.73. The smallest absolute Gasteiger partial charge is 0.211 e. The molecule has 8 nitrogen and oxygen atoms in total. The van der Waals surface area contributed by atoms with Gasteiger partial charge in [0.1, 0.15) is 0 Å². The van der Waals surface area contributed by atoms with E-state index in [2.05, 4.69) is 9.93 Å². The summed E-state index contributed by atoms with van der Waals surface area (Å²) < 4.78 is 26.7. The molecular formula is C22H35N3O5S. The Morgan fingerprint density at radius 2 is 1.48 bits per heavy atom. The minimum Gasteiger partial charge on any atom is -0.377 e. The summed E-state index contributed by atoms with van der Waals surface area (Å²) in [5.41, 5.74) is 13.3. The van der Waals surface area contributed by atoms with Crippen molar-refractivity contribution in [2.24, 2.45) is 11.5 Å². The molecule has 0 atom stereocenters. The molecule has 2 aromatic carbocycles. The number of rotatable bonds is 14. The van der Waals surface area contributed by atoms with E-state index in [1.807, 2.05) is 37.2 Å². The molecule has 0 aliphatic heterocycles. The zero-order chi connectivity index (χ0) is 22.9. The number of hydrogen-bond donors (Lipinski definition) is 3. The molecule has 0 unspecified atom stereocenters. The van der Waals surface area contributed by atoms with Gasteiger partial charge in [0.25, 0.3) is 0 Å². The maximum Gasteiger partial charge on any atom is 0.211 e. The van der Waals surface area contributed by atoms with Crippen molar-refractivity contribution in [2.45, 2.75) is 61.3 Å². The van der Waals surface area contributed by atoms with Gasteiger partial charge in [0.2, 0.25) is 9.84 Å². The summed E-state index contributed by atoms with van der Waals surface area (Å²) >= 11 is 0. The molecule has 0 saturated heterocycles. The molecule has 31 heavy (non-hydrogen) atoms. The van der Waals surface area contributed by atoms with Gasteiger partial charge in [-0.25, -0.2) is 18.6 Å². The predicted molar refractivity (Wildman–Crippen MR) is 123 cm³/mol. The number of nitrogens with zero attached hydrogens (tertiary/aromatic N) is 1. The van der Waals surface area contributed by atoms with Crippen molar-refractivity contribution in [2.75, 3.05) is 25.6 Å². The molecule has 0 bridgehead atoms. The third kappa shape index (κ3) is 6.61. The third-order valence-electron chi connectivity index (χ3n) is 5.48. The Balaban J connectivity index is 1.98. The maximum atomic E-state index is 13.3. The van der Waals surface area contributed by atoms with Crippen molar-refractivity contribution in [3.63, 3.8) is 0 Å². The van der Waals surface area contributed by atoms with Crippen LogP contribution < -0.4 is 16.4 Å². The summed E-state index contributed by atoms with van der Waals surface area (Å²) in [5.74, 6) is 0. The number of sulfone groups is 1. The van der Waals surface area contributed by atoms with Gasteiger partial charge in [0, 0.05) is 30.6 Å². The van der Waals surface area contributed by atoms with Crippen LogP contribution in [-0.4, -0.2) is 39.4 Å². The van der Waals surface area contributed by atoms with E-state index in [-0.39, 0.29) is 11.3 Å². The van der Waals surface area contributed by atoms with Gasteiger partial charge in [0.05, 0.1) is 11.5 Å². The molecule has 0 heterocycles. The predicted octanol–water partition coefficient (Wildman–Crippen LogP) is 3.79. The van der Waals surface area contributed by atoms with Crippen LogP contribution in [0.3, 0.4) is 0 Å². The lowest BCUT2D eigenvalue weighted by Crippen LogP contribution is -2.56. The molecular weight excluding hydrogens is 418 g/mol. The maximum absolute atomic E-state index is 13.3. The molecule has 0 fully saturated rings. The highest BCUT2D eigenvalue weighted by molar-refractivity contribution is 7.93. The van der Waals surface area contributed by atoms with Gasteiger partial charge in [-0.3, -0.25) is 0 Å². The second-order valence-electron chi connectivity index (χ2n) is 8.10. The minimum absolute atomic E-state index is 0.174. The van der Waals surface area contributed by atoms with E-state index in [1.54, 1.807) is 18.2 Å². The summed E-state index contributed by atoms with van der Waals surface area (Å²) in [4.78, 5) is 4.70. The van der Waals surface area contributed by atoms with E-state index in [4.69, 9.17) is 16.7 Å². The molecule has 9 heteroatoms. The normalized spacial score (nSPS) is 12.4. The number of anilines is 1. The second-order valence-corrected chi connectivity index (χ2v) is 10.3. The Bertz CT molecular complexity index is 932. The van der Waals surface area contributed by atoms with E-state index in [0.29, 0.717) is 18.4 Å². The molecule has 0 aromatic heterocycles. The lowest BCUT2D eigenvalue weighted by molar-refractivity contribution is -0.490. The summed E-state index contributed by atoms with van der Waals surface area (Å²) in [7, 11) is -0.0868. The Hall–Kier alpha value is -1.75. The van der Waals surface area contributed by atoms with Crippen molar-refractivity contribution in [1.29, 1.82) is 0 Å². The first-order valence-corrected chi connectivity index (χ1v) is 12.1. The summed E-state index contributed by atoms with van der Waals surface area (Å²) in [5, 5.41) is 13.1. The van der Waals surface area contributed by atoms with E-state index < -0.39 is 14.8 Å². The van der Waals surface area contributed by atoms with Crippen LogP contribution in [0.2, 0.25) is 0 Å². The Morgan fingerprint density at radius 1 is 0.903 bits per heavy atom. The Kier molecular flexibility index (Phi) is 9.67. The van der Waals surface area contributed by atoms with E-state index in [1.165, 1.54) is 0 Å². The summed E-state index contributed by atoms with van der Waals surface area (Å²) in [6, 6.07) is 10.8. The molecule has 2 rings (SSSR count). The standard InChI is InChI=1S/C22H35N3O5S/c1-25(2)20-14-10-13-19-18(20)12-11-15-21(19)31(27,28)22(23,24)16-8-6-4-3-5-7-9-17-29-30-26/h10-15,26H,3-9,16-17,23-24H2,1-2H3. The topological polar surface area (TPSA) is 128 Å². The molecule has 0 saturated carbocycles. The highest BCUT2D eigenvalue weighted by atomic mass is 32.2. The van der Waals surface area contributed by atoms with Crippen LogP contribution in [0.5, 0.6) is 0 Å². The molecule has 0 radical (unpaired) electrons. The molecule has 2 aromatic rings. The van der Waals surface area contributed by atoms with Gasteiger partial charge < -0.3 is 16.4 Å². The molecule has 174 valence electrons. The van der Waals surface area contributed by atoms with Crippen molar-refractivity contribution < 1.29 is 23.6 Å². The lowest BCUT2D eigenvalue weighted by atomic mass is 10.1. The van der Waals surface area contributed by atoms with Gasteiger partial charge in [-0.1, -0.05) is 61.4 Å². The number of nitrogens with two attached hydrogens (primary N) is 2. The number of unbranched alkanes of at least 4 members (excludes halogenated alkanes) is 6. The Labute approximate surface area is 184 Å². The number of benzene rings is 2. The van der Waals surface area contributed by atoms with E-state index >= 15 is 0 Å². The highest BCUT2D eigenvalue weighted by Crippen LogP contribution is 2.33. The van der Waals surface area contributed by atoms with E-state index in [0.717, 1.165) is 49.6 Å². The van der Waals surface area contributed by atoms with E-state index in [9.17, 15) is 8.42 Å². The molecule has 0 spiro atoms. The van der Waals surface area contributed by atoms with Crippen LogP contribution in [0.1, 0.15) is 51.4 Å². The van der Waals surface area contributed by atoms with Gasteiger partial charge in [-0.2, -0.15) is 0 Å². The minimum atomic E-state index is -3.93. The summed E-state index contributed by atoms with van der Waals surface area (Å²) in [6.45, 7) is 0.363. The first-order valence-electron chi connectivity index (χ1n) is 10.7. The lowest BCUT2D eigenvalue weighted by Gasteiger charge is -2.26. The van der Waals surface area contributed by atoms with Crippen molar-refractivity contribution in [3.05, 3.63) is 36.4 Å². The second kappa shape index (κ2) is 11.8. The molecule has 5 N–H and O–H groups in total. The fourth-order valence-corrected chi connectivity index (χ4v) is 5.26. The average molecular weight is 454 g/mol. The SMILES string of the molecule is CN(C)c1cccc2c(S(=O)(=O)C(N)(N)CCCCCCCCCOOO)cccc12. The van der Waals surface area contributed by atoms with Crippen LogP contribution in [0.15, 0.2) is 41.3 Å². The third-order valence-corrected chi connectivity index (χ3v) is 7.62. The fraction of sp³-hybridized carbons (Fsp3) is 0.545. The van der Waals surface area contributed by atoms with Crippen molar-refractivity contribution in [1.82, 2.24) is 0 Å². The van der Waals surface area contributed by atoms with Crippen LogP contribution in [0.25, 0.3) is 10.8 Å². The van der Waals surface area contributed by atoms with Gasteiger partial charge in [0.15, 0.2) is 4.99 Å². The first kappa shape index (κ1) is 25.5. The van der Waals surface area contributed by atoms with Crippen molar-refractivity contribution >= 4 is 26.3 Å². The largest absolute Gasteiger partial charge is 0.377 e. The molecule has 0 aliphatic carbocycles. The zero-order valence-electron chi connectivity index (χ0n) is 18.4. The monoisotopic (exact) mass is 453 g/mol. The highest BCUT2D eigenvalue weighted by Gasteiger charge is 2.37. The molecule has 0 amide bonds. The zero-order valence-corrected chi connectivity index (χ0v) is 19.2. The van der Waals surface area contributed by atoms with Gasteiger partial charge in [-0.05, 0) is 31.4 Å². The fourth-order valence-electron chi connectivity index (χ4n) is 3.71. The van der Waals surface area contributed by atoms with Crippen LogP contribution >= 0.6 is 0 Å². The van der Waals surface area contributed by atoms with Gasteiger partial charge >= 0.3 is 0 Å². The first-order chi connectivity index (χ1) is 14.7.